The van der Waals surface area contributed by atoms with Gasteiger partial charge < -0.3 is 4.42 Å². The number of hydrogen-bond acceptors (Lipinski definition) is 3. The van der Waals surface area contributed by atoms with Crippen LogP contribution in [-0.4, -0.2) is 16.7 Å². The molecule has 0 N–H and O–H groups in total. The number of carbonyl (C=O) groups is 2. The highest BCUT2D eigenvalue weighted by Gasteiger charge is 2.43. The van der Waals surface area contributed by atoms with Crippen molar-refractivity contribution >= 4 is 23.0 Å². The zero-order valence-corrected chi connectivity index (χ0v) is 12.8. The minimum Gasteiger partial charge on any atom is -0.456 e. The first-order valence-corrected chi connectivity index (χ1v) is 7.63. The number of hydrogen-bond donors (Lipinski definition) is 0. The molecule has 0 fully saturated rings. The Morgan fingerprint density at radius 3 is 2.18 bits per heavy atom. The summed E-state index contributed by atoms with van der Waals surface area (Å²) in [5, 5.41) is 0. The van der Waals surface area contributed by atoms with Crippen molar-refractivity contribution in [3.63, 3.8) is 0 Å². The van der Waals surface area contributed by atoms with Gasteiger partial charge in [-0.25, -0.2) is 4.90 Å². The molecule has 0 radical (unpaired) electrons. The fourth-order valence-corrected chi connectivity index (χ4v) is 3.64. The highest BCUT2D eigenvalue weighted by Crippen LogP contribution is 2.40. The molecule has 4 nitrogen and oxygen atoms in total. The second-order valence-electron chi connectivity index (χ2n) is 6.44. The van der Waals surface area contributed by atoms with E-state index < -0.39 is 0 Å². The molecule has 1 atom stereocenters. The summed E-state index contributed by atoms with van der Waals surface area (Å²) < 4.78 is 5.43. The van der Waals surface area contributed by atoms with Crippen molar-refractivity contribution in [3.05, 3.63) is 46.7 Å². The topological polar surface area (TPSA) is 50.5 Å². The maximum Gasteiger partial charge on any atom is 0.269 e. The maximum absolute atomic E-state index is 12.6. The summed E-state index contributed by atoms with van der Waals surface area (Å²) in [6.07, 6.45) is 4.68. The van der Waals surface area contributed by atoms with E-state index in [9.17, 15) is 9.59 Å². The number of amides is 2. The number of allylic oxidation sites excluding steroid dienone is 4. The van der Waals surface area contributed by atoms with Gasteiger partial charge in [0.05, 0.1) is 11.1 Å². The summed E-state index contributed by atoms with van der Waals surface area (Å²) in [6, 6.07) is 3.50. The maximum atomic E-state index is 12.6. The van der Waals surface area contributed by atoms with Gasteiger partial charge >= 0.3 is 0 Å². The highest BCUT2D eigenvalue weighted by molar-refractivity contribution is 6.28. The van der Waals surface area contributed by atoms with Gasteiger partial charge in [0.25, 0.3) is 11.8 Å². The quantitative estimate of drug-likeness (QED) is 0.788. The molecule has 2 aliphatic rings. The van der Waals surface area contributed by atoms with Gasteiger partial charge in [-0.2, -0.15) is 0 Å². The van der Waals surface area contributed by atoms with E-state index >= 15 is 0 Å². The standard InChI is InChI=1S/C18H17NO3/c1-9(2)12-5-4-11(8-10(12)3)19-17(20)15-13-6-7-14(22-13)16(15)18(19)21/h4-7,9-10H,8H2,1-3H3. The molecule has 0 saturated carbocycles. The van der Waals surface area contributed by atoms with Crippen LogP contribution in [0, 0.1) is 11.8 Å². The zero-order chi connectivity index (χ0) is 15.6. The summed E-state index contributed by atoms with van der Waals surface area (Å²) in [5.41, 5.74) is 4.01. The SMILES string of the molecule is CC(C)C1=CC=C(N2C(=O)c3c(c4ccc3o4)C2=O)CC1C. The molecule has 0 spiro atoms. The van der Waals surface area contributed by atoms with Gasteiger partial charge in [0.1, 0.15) is 11.2 Å². The third-order valence-corrected chi connectivity index (χ3v) is 4.69. The van der Waals surface area contributed by atoms with Crippen molar-refractivity contribution in [1.82, 2.24) is 4.90 Å². The Hall–Kier alpha value is -2.36. The van der Waals surface area contributed by atoms with E-state index in [0.29, 0.717) is 40.5 Å². The van der Waals surface area contributed by atoms with Crippen LogP contribution in [0.3, 0.4) is 0 Å². The first-order valence-electron chi connectivity index (χ1n) is 7.63. The minimum atomic E-state index is -0.255. The van der Waals surface area contributed by atoms with E-state index in [0.717, 1.165) is 5.70 Å². The molecule has 0 saturated heterocycles. The molecule has 2 amide bonds. The van der Waals surface area contributed by atoms with Crippen LogP contribution in [0.1, 0.15) is 47.9 Å². The van der Waals surface area contributed by atoms with E-state index in [-0.39, 0.29) is 11.8 Å². The molecular weight excluding hydrogens is 278 g/mol. The van der Waals surface area contributed by atoms with Crippen molar-refractivity contribution in [2.45, 2.75) is 27.2 Å². The van der Waals surface area contributed by atoms with E-state index in [1.807, 2.05) is 6.08 Å². The lowest BCUT2D eigenvalue weighted by Gasteiger charge is -2.28. The summed E-state index contributed by atoms with van der Waals surface area (Å²) in [5.74, 6) is 0.298. The highest BCUT2D eigenvalue weighted by atomic mass is 16.3. The molecule has 1 unspecified atom stereocenters. The molecule has 1 aliphatic carbocycles. The van der Waals surface area contributed by atoms with Crippen LogP contribution < -0.4 is 0 Å². The van der Waals surface area contributed by atoms with E-state index in [1.165, 1.54) is 10.5 Å². The lowest BCUT2D eigenvalue weighted by atomic mass is 9.84. The number of nitrogens with zero attached hydrogens (tertiary/aromatic N) is 1. The number of imide groups is 1. The molecule has 3 heterocycles. The predicted octanol–water partition coefficient (Wildman–Crippen LogP) is 3.97. The van der Waals surface area contributed by atoms with Crippen molar-refractivity contribution in [2.24, 2.45) is 11.8 Å². The normalized spacial score (nSPS) is 21.8. The van der Waals surface area contributed by atoms with Crippen LogP contribution in [0.4, 0.5) is 0 Å². The third-order valence-electron chi connectivity index (χ3n) is 4.69. The Labute approximate surface area is 128 Å². The Morgan fingerprint density at radius 1 is 1.09 bits per heavy atom. The Kier molecular flexibility index (Phi) is 2.61. The van der Waals surface area contributed by atoms with Crippen molar-refractivity contribution in [2.75, 3.05) is 0 Å². The molecule has 112 valence electrons. The average Bonchev–Trinajstić information content (AvgIpc) is 3.12. The zero-order valence-electron chi connectivity index (χ0n) is 12.8. The Morgan fingerprint density at radius 2 is 1.68 bits per heavy atom. The lowest BCUT2D eigenvalue weighted by Crippen LogP contribution is -2.31. The predicted molar refractivity (Wildman–Crippen MR) is 82.7 cm³/mol. The van der Waals surface area contributed by atoms with Crippen LogP contribution in [0.2, 0.25) is 0 Å². The number of fused-ring (bicyclic) bond motifs is 5. The summed E-state index contributed by atoms with van der Waals surface area (Å²) in [6.45, 7) is 6.47. The molecule has 4 rings (SSSR count). The molecule has 4 heteroatoms. The van der Waals surface area contributed by atoms with E-state index in [2.05, 4.69) is 26.8 Å². The van der Waals surface area contributed by atoms with Crippen molar-refractivity contribution in [3.8, 4) is 0 Å². The fourth-order valence-electron chi connectivity index (χ4n) is 3.64. The number of furan rings is 2. The molecule has 0 aromatic carbocycles. The average molecular weight is 295 g/mol. The van der Waals surface area contributed by atoms with Crippen LogP contribution in [0.25, 0.3) is 11.2 Å². The van der Waals surface area contributed by atoms with E-state index in [4.69, 9.17) is 4.42 Å². The number of rotatable bonds is 2. The Bertz CT molecular complexity index is 808. The van der Waals surface area contributed by atoms with Gasteiger partial charge in [0, 0.05) is 5.70 Å². The lowest BCUT2D eigenvalue weighted by molar-refractivity contribution is 0.0696. The van der Waals surface area contributed by atoms with Gasteiger partial charge in [0.2, 0.25) is 0 Å². The van der Waals surface area contributed by atoms with Crippen LogP contribution in [-0.2, 0) is 0 Å². The summed E-state index contributed by atoms with van der Waals surface area (Å²) in [4.78, 5) is 26.6. The second-order valence-corrected chi connectivity index (χ2v) is 6.44. The van der Waals surface area contributed by atoms with Gasteiger partial charge in [0.15, 0.2) is 0 Å². The van der Waals surface area contributed by atoms with Crippen molar-refractivity contribution < 1.29 is 14.0 Å². The van der Waals surface area contributed by atoms with Crippen LogP contribution in [0.15, 0.2) is 40.0 Å². The molecule has 1 aliphatic heterocycles. The number of carbonyl (C=O) groups excluding carboxylic acids is 2. The van der Waals surface area contributed by atoms with Gasteiger partial charge in [-0.05, 0) is 36.5 Å². The number of benzene rings is 1. The van der Waals surface area contributed by atoms with Crippen molar-refractivity contribution in [1.29, 1.82) is 0 Å². The largest absolute Gasteiger partial charge is 0.456 e. The third kappa shape index (κ3) is 1.58. The molecule has 2 aromatic heterocycles. The molecule has 22 heavy (non-hydrogen) atoms. The first kappa shape index (κ1) is 13.3. The first-order chi connectivity index (χ1) is 10.5. The molecule has 2 bridgehead atoms. The van der Waals surface area contributed by atoms with Gasteiger partial charge in [-0.3, -0.25) is 9.59 Å². The molecular formula is C18H17NO3. The van der Waals surface area contributed by atoms with Crippen LogP contribution in [0.5, 0.6) is 0 Å². The second kappa shape index (κ2) is 4.32. The van der Waals surface area contributed by atoms with Gasteiger partial charge in [-0.1, -0.05) is 32.4 Å². The minimum absolute atomic E-state index is 0.255. The van der Waals surface area contributed by atoms with Crippen LogP contribution >= 0.6 is 0 Å². The summed E-state index contributed by atoms with van der Waals surface area (Å²) >= 11 is 0. The molecule has 2 aromatic rings. The van der Waals surface area contributed by atoms with E-state index in [1.54, 1.807) is 12.1 Å². The van der Waals surface area contributed by atoms with Gasteiger partial charge in [-0.15, -0.1) is 0 Å². The monoisotopic (exact) mass is 295 g/mol. The fraction of sp³-hybridized carbons (Fsp3) is 0.333. The smallest absolute Gasteiger partial charge is 0.269 e. The summed E-state index contributed by atoms with van der Waals surface area (Å²) in [7, 11) is 0. The Balaban J connectivity index is 1.75.